The lowest BCUT2D eigenvalue weighted by Crippen LogP contribution is -2.42. The van der Waals surface area contributed by atoms with Crippen LogP contribution in [-0.4, -0.2) is 41.4 Å². The van der Waals surface area contributed by atoms with Crippen molar-refractivity contribution in [2.24, 2.45) is 0 Å². The number of likely N-dealkylation sites (tertiary alicyclic amines) is 1. The van der Waals surface area contributed by atoms with Crippen LogP contribution in [0.2, 0.25) is 0 Å². The van der Waals surface area contributed by atoms with Gasteiger partial charge < -0.3 is 9.64 Å². The van der Waals surface area contributed by atoms with Gasteiger partial charge in [-0.15, -0.1) is 0 Å². The van der Waals surface area contributed by atoms with Crippen molar-refractivity contribution in [1.29, 1.82) is 0 Å². The van der Waals surface area contributed by atoms with E-state index in [1.807, 2.05) is 6.92 Å². The predicted molar refractivity (Wildman–Crippen MR) is 78.8 cm³/mol. The minimum absolute atomic E-state index is 0.00436. The van der Waals surface area contributed by atoms with E-state index in [1.165, 1.54) is 19.2 Å². The van der Waals surface area contributed by atoms with Gasteiger partial charge >= 0.3 is 5.97 Å². The maximum absolute atomic E-state index is 12.6. The number of nitro groups is 1. The fourth-order valence-corrected chi connectivity index (χ4v) is 2.64. The Balaban J connectivity index is 2.40. The molecule has 1 heterocycles. The maximum atomic E-state index is 12.6. The van der Waals surface area contributed by atoms with Gasteiger partial charge in [0.1, 0.15) is 0 Å². The standard InChI is InChI=1S/C15H18N2O5/c1-10-5-3-4-6-16(10)14(18)11-7-12(15(19)22-2)9-13(8-11)17(20)21/h7-10H,3-6H2,1-2H3/t10-/m1/s1. The summed E-state index contributed by atoms with van der Waals surface area (Å²) in [6, 6.07) is 3.75. The monoisotopic (exact) mass is 306 g/mol. The number of rotatable bonds is 3. The summed E-state index contributed by atoms with van der Waals surface area (Å²) in [7, 11) is 1.19. The SMILES string of the molecule is COC(=O)c1cc(C(=O)N2CCCC[C@H]2C)cc([N+](=O)[O-])c1. The molecule has 22 heavy (non-hydrogen) atoms. The molecule has 1 saturated heterocycles. The van der Waals surface area contributed by atoms with Crippen molar-refractivity contribution in [2.45, 2.75) is 32.2 Å². The molecule has 118 valence electrons. The largest absolute Gasteiger partial charge is 0.465 e. The Morgan fingerprint density at radius 1 is 1.27 bits per heavy atom. The highest BCUT2D eigenvalue weighted by molar-refractivity contribution is 5.99. The first-order valence-electron chi connectivity index (χ1n) is 7.13. The lowest BCUT2D eigenvalue weighted by atomic mass is 10.0. The van der Waals surface area contributed by atoms with Crippen molar-refractivity contribution >= 4 is 17.6 Å². The molecule has 0 unspecified atom stereocenters. The Morgan fingerprint density at radius 3 is 2.55 bits per heavy atom. The fourth-order valence-electron chi connectivity index (χ4n) is 2.64. The molecule has 7 heteroatoms. The number of non-ortho nitro benzene ring substituents is 1. The lowest BCUT2D eigenvalue weighted by molar-refractivity contribution is -0.384. The first kappa shape index (κ1) is 15.9. The Bertz CT molecular complexity index is 614. The second-order valence-electron chi connectivity index (χ2n) is 5.36. The summed E-state index contributed by atoms with van der Waals surface area (Å²) < 4.78 is 4.59. The minimum Gasteiger partial charge on any atom is -0.465 e. The molecule has 1 amide bonds. The summed E-state index contributed by atoms with van der Waals surface area (Å²) in [6.45, 7) is 2.58. The highest BCUT2D eigenvalue weighted by Gasteiger charge is 2.26. The zero-order chi connectivity index (χ0) is 16.3. The van der Waals surface area contributed by atoms with Gasteiger partial charge in [-0.25, -0.2) is 4.79 Å². The van der Waals surface area contributed by atoms with Gasteiger partial charge in [0.05, 0.1) is 17.6 Å². The van der Waals surface area contributed by atoms with Crippen LogP contribution in [0.5, 0.6) is 0 Å². The maximum Gasteiger partial charge on any atom is 0.338 e. The Morgan fingerprint density at radius 2 is 1.95 bits per heavy atom. The molecule has 1 aromatic rings. The molecule has 0 radical (unpaired) electrons. The van der Waals surface area contributed by atoms with Crippen molar-refractivity contribution < 1.29 is 19.2 Å². The summed E-state index contributed by atoms with van der Waals surface area (Å²) in [5.41, 5.74) is -0.149. The molecule has 2 rings (SSSR count). The number of piperidine rings is 1. The first-order chi connectivity index (χ1) is 10.4. The van der Waals surface area contributed by atoms with Gasteiger partial charge in [-0.1, -0.05) is 0 Å². The number of carbonyl (C=O) groups is 2. The third-order valence-corrected chi connectivity index (χ3v) is 3.86. The molecule has 1 aromatic carbocycles. The Hall–Kier alpha value is -2.44. The van der Waals surface area contributed by atoms with Gasteiger partial charge in [-0.2, -0.15) is 0 Å². The van der Waals surface area contributed by atoms with Crippen LogP contribution in [0.3, 0.4) is 0 Å². The number of esters is 1. The van der Waals surface area contributed by atoms with Crippen LogP contribution in [0.25, 0.3) is 0 Å². The average Bonchev–Trinajstić information content (AvgIpc) is 2.53. The van der Waals surface area contributed by atoms with Crippen LogP contribution < -0.4 is 0 Å². The summed E-state index contributed by atoms with van der Waals surface area (Å²) in [5.74, 6) is -0.995. The van der Waals surface area contributed by atoms with E-state index < -0.39 is 10.9 Å². The third kappa shape index (κ3) is 3.24. The molecule has 1 fully saturated rings. The van der Waals surface area contributed by atoms with Crippen LogP contribution in [0.15, 0.2) is 18.2 Å². The zero-order valence-electron chi connectivity index (χ0n) is 12.6. The summed E-state index contributed by atoms with van der Waals surface area (Å²) >= 11 is 0. The quantitative estimate of drug-likeness (QED) is 0.486. The van der Waals surface area contributed by atoms with Crippen LogP contribution in [0, 0.1) is 10.1 Å². The van der Waals surface area contributed by atoms with Gasteiger partial charge in [0, 0.05) is 30.3 Å². The predicted octanol–water partition coefficient (Wildman–Crippen LogP) is 2.40. The zero-order valence-corrected chi connectivity index (χ0v) is 12.6. The summed E-state index contributed by atoms with van der Waals surface area (Å²) in [5, 5.41) is 11.0. The van der Waals surface area contributed by atoms with E-state index in [1.54, 1.807) is 4.90 Å². The molecular weight excluding hydrogens is 288 g/mol. The molecule has 7 nitrogen and oxygen atoms in total. The molecule has 1 atom stereocenters. The Kier molecular flexibility index (Phi) is 4.75. The van der Waals surface area contributed by atoms with Gasteiger partial charge in [-0.05, 0) is 32.3 Å². The number of amides is 1. The van der Waals surface area contributed by atoms with Crippen LogP contribution in [0.4, 0.5) is 5.69 Å². The topological polar surface area (TPSA) is 89.8 Å². The number of benzene rings is 1. The average molecular weight is 306 g/mol. The van der Waals surface area contributed by atoms with E-state index in [9.17, 15) is 19.7 Å². The van der Waals surface area contributed by atoms with E-state index in [0.717, 1.165) is 25.3 Å². The molecule has 0 N–H and O–H groups in total. The number of hydrogen-bond acceptors (Lipinski definition) is 5. The number of carbonyl (C=O) groups excluding carboxylic acids is 2. The van der Waals surface area contributed by atoms with Crippen LogP contribution in [0.1, 0.15) is 46.9 Å². The molecule has 0 bridgehead atoms. The highest BCUT2D eigenvalue weighted by atomic mass is 16.6. The van der Waals surface area contributed by atoms with Gasteiger partial charge in [0.15, 0.2) is 0 Å². The molecule has 1 aliphatic heterocycles. The van der Waals surface area contributed by atoms with E-state index >= 15 is 0 Å². The van der Waals surface area contributed by atoms with Gasteiger partial charge in [0.2, 0.25) is 0 Å². The number of nitrogens with zero attached hydrogens (tertiary/aromatic N) is 2. The van der Waals surface area contributed by atoms with Crippen molar-refractivity contribution in [3.05, 3.63) is 39.4 Å². The highest BCUT2D eigenvalue weighted by Crippen LogP contribution is 2.23. The second kappa shape index (κ2) is 6.55. The van der Waals surface area contributed by atoms with Crippen molar-refractivity contribution in [2.75, 3.05) is 13.7 Å². The number of ether oxygens (including phenoxy) is 1. The minimum atomic E-state index is -0.704. The summed E-state index contributed by atoms with van der Waals surface area (Å²) in [6.07, 6.45) is 2.88. The van der Waals surface area contributed by atoms with Gasteiger partial charge in [0.25, 0.3) is 11.6 Å². The smallest absolute Gasteiger partial charge is 0.338 e. The molecular formula is C15H18N2O5. The fraction of sp³-hybridized carbons (Fsp3) is 0.467. The van der Waals surface area contributed by atoms with E-state index in [-0.39, 0.29) is 28.8 Å². The van der Waals surface area contributed by atoms with Crippen molar-refractivity contribution in [3.63, 3.8) is 0 Å². The molecule has 0 saturated carbocycles. The lowest BCUT2D eigenvalue weighted by Gasteiger charge is -2.33. The molecule has 1 aliphatic rings. The molecule has 0 aliphatic carbocycles. The number of methoxy groups -OCH3 is 1. The second-order valence-corrected chi connectivity index (χ2v) is 5.36. The third-order valence-electron chi connectivity index (χ3n) is 3.86. The van der Waals surface area contributed by atoms with E-state index in [2.05, 4.69) is 4.74 Å². The normalized spacial score (nSPS) is 17.9. The Labute approximate surface area is 128 Å². The number of hydrogen-bond donors (Lipinski definition) is 0. The van der Waals surface area contributed by atoms with E-state index in [4.69, 9.17) is 0 Å². The number of nitro benzene ring substituents is 1. The van der Waals surface area contributed by atoms with Crippen LogP contribution in [-0.2, 0) is 4.74 Å². The molecule has 0 aromatic heterocycles. The van der Waals surface area contributed by atoms with Crippen molar-refractivity contribution in [3.8, 4) is 0 Å². The van der Waals surface area contributed by atoms with Crippen LogP contribution >= 0.6 is 0 Å². The van der Waals surface area contributed by atoms with Gasteiger partial charge in [-0.3, -0.25) is 14.9 Å². The molecule has 0 spiro atoms. The van der Waals surface area contributed by atoms with E-state index in [0.29, 0.717) is 6.54 Å². The summed E-state index contributed by atoms with van der Waals surface area (Å²) in [4.78, 5) is 36.3. The van der Waals surface area contributed by atoms with Crippen molar-refractivity contribution in [1.82, 2.24) is 4.90 Å². The first-order valence-corrected chi connectivity index (χ1v) is 7.13.